The molecule has 1 unspecified atom stereocenters. The van der Waals surface area contributed by atoms with E-state index in [-0.39, 0.29) is 11.2 Å². The molecule has 0 heterocycles. The van der Waals surface area contributed by atoms with E-state index in [1.807, 2.05) is 32.0 Å². The van der Waals surface area contributed by atoms with E-state index in [1.54, 1.807) is 0 Å². The van der Waals surface area contributed by atoms with E-state index >= 15 is 0 Å². The van der Waals surface area contributed by atoms with Crippen molar-refractivity contribution in [1.29, 1.82) is 0 Å². The van der Waals surface area contributed by atoms with Gasteiger partial charge in [0, 0.05) is 10.6 Å². The van der Waals surface area contributed by atoms with Gasteiger partial charge in [-0.05, 0) is 37.1 Å². The van der Waals surface area contributed by atoms with Gasteiger partial charge in [0.05, 0.1) is 5.25 Å². The number of carbonyl (C=O) groups excluding carboxylic acids is 1. The fourth-order valence-corrected chi connectivity index (χ4v) is 2.28. The fourth-order valence-electron chi connectivity index (χ4n) is 1.30. The molecule has 1 aromatic carbocycles. The Labute approximate surface area is 94.2 Å². The number of hydrogen-bond acceptors (Lipinski definition) is 3. The summed E-state index contributed by atoms with van der Waals surface area (Å²) in [6, 6.07) is 5.67. The van der Waals surface area contributed by atoms with Crippen molar-refractivity contribution in [3.63, 3.8) is 0 Å². The van der Waals surface area contributed by atoms with Gasteiger partial charge in [-0.15, -0.1) is 11.8 Å². The molecule has 3 nitrogen and oxygen atoms in total. The molecule has 0 saturated heterocycles. The van der Waals surface area contributed by atoms with Crippen LogP contribution in [0.15, 0.2) is 23.1 Å². The Morgan fingerprint density at radius 2 is 2.20 bits per heavy atom. The third-order valence-electron chi connectivity index (χ3n) is 2.16. The van der Waals surface area contributed by atoms with Gasteiger partial charge in [0.2, 0.25) is 5.91 Å². The molecule has 0 spiro atoms. The molecule has 1 amide bonds. The minimum atomic E-state index is -0.265. The van der Waals surface area contributed by atoms with Crippen molar-refractivity contribution in [3.8, 4) is 0 Å². The maximum Gasteiger partial charge on any atom is 0.230 e. The van der Waals surface area contributed by atoms with Crippen molar-refractivity contribution in [3.05, 3.63) is 23.8 Å². The van der Waals surface area contributed by atoms with Crippen LogP contribution in [0.1, 0.15) is 18.9 Å². The molecular formula is C11H16N2OS. The number of thioether (sulfide) groups is 1. The van der Waals surface area contributed by atoms with E-state index in [2.05, 4.69) is 0 Å². The first kappa shape index (κ1) is 11.9. The maximum absolute atomic E-state index is 11.1. The Hall–Kier alpha value is -1.16. The van der Waals surface area contributed by atoms with Gasteiger partial charge < -0.3 is 11.5 Å². The predicted molar refractivity (Wildman–Crippen MR) is 64.7 cm³/mol. The average Bonchev–Trinajstić information content (AvgIpc) is 2.16. The molecular weight excluding hydrogens is 208 g/mol. The smallest absolute Gasteiger partial charge is 0.230 e. The van der Waals surface area contributed by atoms with Gasteiger partial charge in [0.15, 0.2) is 0 Å². The van der Waals surface area contributed by atoms with Crippen LogP contribution in [0.2, 0.25) is 0 Å². The Morgan fingerprint density at radius 3 is 2.67 bits per heavy atom. The van der Waals surface area contributed by atoms with Crippen LogP contribution in [0.3, 0.4) is 0 Å². The zero-order chi connectivity index (χ0) is 11.4. The Balaban J connectivity index is 2.84. The van der Waals surface area contributed by atoms with Crippen molar-refractivity contribution in [2.45, 2.75) is 30.4 Å². The van der Waals surface area contributed by atoms with E-state index in [1.165, 1.54) is 11.8 Å². The highest BCUT2D eigenvalue weighted by atomic mass is 32.2. The second kappa shape index (κ2) is 5.07. The lowest BCUT2D eigenvalue weighted by Gasteiger charge is -2.12. The van der Waals surface area contributed by atoms with Crippen LogP contribution in [0.25, 0.3) is 0 Å². The number of anilines is 1. The Kier molecular flexibility index (Phi) is 4.03. The number of amides is 1. The van der Waals surface area contributed by atoms with Crippen LogP contribution < -0.4 is 11.5 Å². The molecule has 0 aliphatic rings. The quantitative estimate of drug-likeness (QED) is 0.606. The highest BCUT2D eigenvalue weighted by Crippen LogP contribution is 2.29. The summed E-state index contributed by atoms with van der Waals surface area (Å²) in [4.78, 5) is 12.2. The number of hydrogen-bond donors (Lipinski definition) is 2. The molecule has 0 aromatic heterocycles. The summed E-state index contributed by atoms with van der Waals surface area (Å²) < 4.78 is 0. The number of nitrogens with two attached hydrogens (primary N) is 2. The van der Waals surface area contributed by atoms with Crippen LogP contribution in [0, 0.1) is 6.92 Å². The summed E-state index contributed by atoms with van der Waals surface area (Å²) in [5, 5.41) is -0.160. The van der Waals surface area contributed by atoms with Gasteiger partial charge in [-0.1, -0.05) is 6.92 Å². The molecule has 0 fully saturated rings. The summed E-state index contributed by atoms with van der Waals surface area (Å²) in [6.07, 6.45) is 0.740. The minimum absolute atomic E-state index is 0.160. The SMILES string of the molecule is CCC(Sc1ccc(N)cc1C)C(N)=O. The minimum Gasteiger partial charge on any atom is -0.399 e. The van der Waals surface area contributed by atoms with E-state index in [9.17, 15) is 4.79 Å². The van der Waals surface area contributed by atoms with Gasteiger partial charge in [-0.3, -0.25) is 4.79 Å². The molecule has 15 heavy (non-hydrogen) atoms. The van der Waals surface area contributed by atoms with Crippen LogP contribution in [-0.2, 0) is 4.79 Å². The number of carbonyl (C=O) groups is 1. The second-order valence-corrected chi connectivity index (χ2v) is 4.69. The number of aryl methyl sites for hydroxylation is 1. The van der Waals surface area contributed by atoms with Crippen molar-refractivity contribution >= 4 is 23.4 Å². The summed E-state index contributed by atoms with van der Waals surface area (Å²) in [5.74, 6) is -0.265. The van der Waals surface area contributed by atoms with Gasteiger partial charge in [-0.25, -0.2) is 0 Å². The van der Waals surface area contributed by atoms with E-state index in [0.29, 0.717) is 0 Å². The first-order valence-corrected chi connectivity index (χ1v) is 5.74. The molecule has 4 N–H and O–H groups in total. The first-order valence-electron chi connectivity index (χ1n) is 4.86. The lowest BCUT2D eigenvalue weighted by Crippen LogP contribution is -2.24. The number of primary amides is 1. The van der Waals surface area contributed by atoms with Crippen molar-refractivity contribution < 1.29 is 4.79 Å². The van der Waals surface area contributed by atoms with Crippen LogP contribution in [0.5, 0.6) is 0 Å². The molecule has 0 aliphatic heterocycles. The Bertz CT molecular complexity index is 366. The summed E-state index contributed by atoms with van der Waals surface area (Å²) in [6.45, 7) is 3.93. The molecule has 1 atom stereocenters. The number of nitrogen functional groups attached to an aromatic ring is 1. The third-order valence-corrected chi connectivity index (χ3v) is 3.72. The zero-order valence-corrected chi connectivity index (χ0v) is 9.80. The standard InChI is InChI=1S/C11H16N2OS/c1-3-9(11(13)14)15-10-5-4-8(12)6-7(10)2/h4-6,9H,3,12H2,1-2H3,(H2,13,14). The number of rotatable bonds is 4. The van der Waals surface area contributed by atoms with Crippen LogP contribution in [0.4, 0.5) is 5.69 Å². The second-order valence-electron chi connectivity index (χ2n) is 3.44. The normalized spacial score (nSPS) is 12.4. The van der Waals surface area contributed by atoms with Crippen molar-refractivity contribution in [2.75, 3.05) is 5.73 Å². The summed E-state index contributed by atoms with van der Waals surface area (Å²) >= 11 is 1.50. The van der Waals surface area contributed by atoms with Gasteiger partial charge >= 0.3 is 0 Å². The molecule has 0 bridgehead atoms. The third kappa shape index (κ3) is 3.16. The molecule has 0 radical (unpaired) electrons. The largest absolute Gasteiger partial charge is 0.399 e. The van der Waals surface area contributed by atoms with Crippen molar-refractivity contribution in [2.24, 2.45) is 5.73 Å². The van der Waals surface area contributed by atoms with Crippen molar-refractivity contribution in [1.82, 2.24) is 0 Å². The molecule has 0 saturated carbocycles. The lowest BCUT2D eigenvalue weighted by atomic mass is 10.2. The Morgan fingerprint density at radius 1 is 1.53 bits per heavy atom. The molecule has 82 valence electrons. The van der Waals surface area contributed by atoms with Crippen LogP contribution in [-0.4, -0.2) is 11.2 Å². The van der Waals surface area contributed by atoms with E-state index in [0.717, 1.165) is 22.6 Å². The summed E-state index contributed by atoms with van der Waals surface area (Å²) in [5.41, 5.74) is 12.8. The molecule has 0 aliphatic carbocycles. The van der Waals surface area contributed by atoms with Gasteiger partial charge in [0.25, 0.3) is 0 Å². The van der Waals surface area contributed by atoms with Gasteiger partial charge in [-0.2, -0.15) is 0 Å². The zero-order valence-electron chi connectivity index (χ0n) is 8.99. The number of benzene rings is 1. The van der Waals surface area contributed by atoms with E-state index in [4.69, 9.17) is 11.5 Å². The maximum atomic E-state index is 11.1. The van der Waals surface area contributed by atoms with E-state index < -0.39 is 0 Å². The highest BCUT2D eigenvalue weighted by molar-refractivity contribution is 8.00. The predicted octanol–water partition coefficient (Wildman–Crippen LogP) is 1.93. The lowest BCUT2D eigenvalue weighted by molar-refractivity contribution is -0.117. The van der Waals surface area contributed by atoms with Crippen LogP contribution >= 0.6 is 11.8 Å². The molecule has 1 aromatic rings. The summed E-state index contributed by atoms with van der Waals surface area (Å²) in [7, 11) is 0. The topological polar surface area (TPSA) is 69.1 Å². The molecule has 4 heteroatoms. The fraction of sp³-hybridized carbons (Fsp3) is 0.364. The first-order chi connectivity index (χ1) is 7.04. The monoisotopic (exact) mass is 224 g/mol. The molecule has 1 rings (SSSR count). The highest BCUT2D eigenvalue weighted by Gasteiger charge is 2.15. The average molecular weight is 224 g/mol. The van der Waals surface area contributed by atoms with Gasteiger partial charge in [0.1, 0.15) is 0 Å².